The molecule has 0 aromatic rings. The molecule has 0 spiro atoms. The number of rotatable bonds is 4. The van der Waals surface area contributed by atoms with Crippen LogP contribution in [0.15, 0.2) is 23.4 Å². The molecule has 0 aliphatic carbocycles. The van der Waals surface area contributed by atoms with Crippen molar-refractivity contribution in [1.29, 1.82) is 0 Å². The van der Waals surface area contributed by atoms with Gasteiger partial charge in [-0.25, -0.2) is 12.8 Å². The van der Waals surface area contributed by atoms with Crippen LogP contribution in [0.4, 0.5) is 4.39 Å². The Morgan fingerprint density at radius 2 is 2.00 bits per heavy atom. The first-order valence-corrected chi connectivity index (χ1v) is 6.00. The molecule has 0 heterocycles. The van der Waals surface area contributed by atoms with E-state index >= 15 is 0 Å². The van der Waals surface area contributed by atoms with Gasteiger partial charge < -0.3 is 9.79 Å². The molecule has 0 rings (SSSR count). The zero-order valence-electron chi connectivity index (χ0n) is 6.33. The van der Waals surface area contributed by atoms with Crippen LogP contribution in [0.3, 0.4) is 0 Å². The van der Waals surface area contributed by atoms with Gasteiger partial charge in [0.15, 0.2) is 10.7 Å². The van der Waals surface area contributed by atoms with E-state index in [-0.39, 0.29) is 6.33 Å². The lowest BCUT2D eigenvalue weighted by Gasteiger charge is -1.97. The molecule has 0 aliphatic rings. The summed E-state index contributed by atoms with van der Waals surface area (Å²) < 4.78 is 42.4. The highest BCUT2D eigenvalue weighted by atomic mass is 32.2. The maximum atomic E-state index is 11.5. The van der Waals surface area contributed by atoms with Crippen LogP contribution in [-0.2, 0) is 15.3 Å². The van der Waals surface area contributed by atoms with E-state index in [0.29, 0.717) is 6.08 Å². The third kappa shape index (κ3) is 6.65. The van der Waals surface area contributed by atoms with Crippen molar-refractivity contribution in [3.05, 3.63) is 23.4 Å². The van der Waals surface area contributed by atoms with Crippen LogP contribution in [-0.4, -0.2) is 24.4 Å². The Hall–Kier alpha value is -0.490. The monoisotopic (exact) mass is 230 g/mol. The fraction of sp³-hybridized carbons (Fsp3) is 0.200. The van der Waals surface area contributed by atoms with Crippen molar-refractivity contribution in [2.24, 2.45) is 0 Å². The molecule has 0 atom stereocenters. The van der Waals surface area contributed by atoms with Gasteiger partial charge >= 0.3 is 7.60 Å². The minimum absolute atomic E-state index is 0.0172. The van der Waals surface area contributed by atoms with Gasteiger partial charge in [-0.05, 0) is 6.08 Å². The van der Waals surface area contributed by atoms with E-state index < -0.39 is 29.4 Å². The molecular formula is C5H8FO5PS. The third-order valence-electron chi connectivity index (χ3n) is 0.983. The van der Waals surface area contributed by atoms with Crippen molar-refractivity contribution in [2.75, 3.05) is 6.16 Å². The van der Waals surface area contributed by atoms with Crippen molar-refractivity contribution in [1.82, 2.24) is 0 Å². The third-order valence-corrected chi connectivity index (χ3v) is 2.39. The van der Waals surface area contributed by atoms with Crippen molar-refractivity contribution < 1.29 is 27.2 Å². The van der Waals surface area contributed by atoms with E-state index in [9.17, 15) is 17.4 Å². The summed E-state index contributed by atoms with van der Waals surface area (Å²) in [5.41, 5.74) is 0. The van der Waals surface area contributed by atoms with Crippen LogP contribution < -0.4 is 0 Å². The fourth-order valence-corrected chi connectivity index (χ4v) is 1.48. The smallest absolute Gasteiger partial charge is 0.324 e. The Labute approximate surface area is 75.7 Å². The van der Waals surface area contributed by atoms with Crippen molar-refractivity contribution in [2.45, 2.75) is 0 Å². The first-order chi connectivity index (χ1) is 5.87. The zero-order chi connectivity index (χ0) is 10.5. The minimum Gasteiger partial charge on any atom is -0.324 e. The van der Waals surface area contributed by atoms with Gasteiger partial charge in [-0.2, -0.15) is 0 Å². The Kier molecular flexibility index (Phi) is 5.09. The summed E-state index contributed by atoms with van der Waals surface area (Å²) in [5, 5.41) is 0. The molecule has 76 valence electrons. The lowest BCUT2D eigenvalue weighted by Crippen LogP contribution is -1.87. The predicted molar refractivity (Wildman–Crippen MR) is 45.6 cm³/mol. The van der Waals surface area contributed by atoms with Gasteiger partial charge in [-0.1, -0.05) is 6.08 Å². The van der Waals surface area contributed by atoms with Crippen LogP contribution in [0.25, 0.3) is 0 Å². The van der Waals surface area contributed by atoms with Gasteiger partial charge in [-0.3, -0.25) is 4.57 Å². The molecule has 0 aromatic heterocycles. The van der Waals surface area contributed by atoms with E-state index in [1.807, 2.05) is 0 Å². The highest BCUT2D eigenvalue weighted by molar-refractivity contribution is 7.77. The van der Waals surface area contributed by atoms with Crippen molar-refractivity contribution in [3.8, 4) is 0 Å². The summed E-state index contributed by atoms with van der Waals surface area (Å²) in [7, 11) is -7.31. The van der Waals surface area contributed by atoms with Gasteiger partial charge in [-0.15, -0.1) is 0 Å². The van der Waals surface area contributed by atoms with Gasteiger partial charge in [0.2, 0.25) is 0 Å². The summed E-state index contributed by atoms with van der Waals surface area (Å²) in [5.74, 6) is 0. The maximum Gasteiger partial charge on any atom is 0.329 e. The summed E-state index contributed by atoms with van der Waals surface area (Å²) in [6.45, 7) is 0. The van der Waals surface area contributed by atoms with Crippen LogP contribution in [0, 0.1) is 0 Å². The fourth-order valence-electron chi connectivity index (χ4n) is 0.480. The highest BCUT2D eigenvalue weighted by Gasteiger charge is 2.10. The minimum atomic E-state index is -4.28. The predicted octanol–water partition coefficient (Wildman–Crippen LogP) is 0.143. The molecule has 0 saturated carbocycles. The number of allylic oxidation sites excluding steroid dienone is 2. The topological polar surface area (TPSA) is 91.7 Å². The molecule has 13 heavy (non-hydrogen) atoms. The molecule has 0 fully saturated rings. The summed E-state index contributed by atoms with van der Waals surface area (Å²) in [4.78, 5) is 16.3. The second-order valence-electron chi connectivity index (χ2n) is 2.03. The van der Waals surface area contributed by atoms with E-state index in [0.717, 1.165) is 6.08 Å². The molecule has 8 heteroatoms. The zero-order valence-corrected chi connectivity index (χ0v) is 8.12. The van der Waals surface area contributed by atoms with E-state index in [4.69, 9.17) is 9.79 Å². The SMILES string of the molecule is O=[SH](=O)C(C=CF)=CCP(=O)(O)O. The number of hydrogen-bond donors (Lipinski definition) is 3. The lowest BCUT2D eigenvalue weighted by atomic mass is 10.5. The second-order valence-corrected chi connectivity index (χ2v) is 4.75. The highest BCUT2D eigenvalue weighted by Crippen LogP contribution is 2.34. The lowest BCUT2D eigenvalue weighted by molar-refractivity contribution is 0.377. The van der Waals surface area contributed by atoms with E-state index in [2.05, 4.69) is 0 Å². The molecule has 0 radical (unpaired) electrons. The van der Waals surface area contributed by atoms with E-state index in [1.165, 1.54) is 0 Å². The number of thiol groups is 1. The van der Waals surface area contributed by atoms with E-state index in [1.54, 1.807) is 0 Å². The first kappa shape index (κ1) is 12.5. The molecule has 0 aliphatic heterocycles. The van der Waals surface area contributed by atoms with Gasteiger partial charge in [0.1, 0.15) is 0 Å². The Bertz CT molecular complexity index is 331. The average Bonchev–Trinajstić information content (AvgIpc) is 1.95. The summed E-state index contributed by atoms with van der Waals surface area (Å²) in [6, 6.07) is 0. The quantitative estimate of drug-likeness (QED) is 0.363. The Morgan fingerprint density at radius 1 is 1.46 bits per heavy atom. The number of halogens is 1. The van der Waals surface area contributed by atoms with Crippen molar-refractivity contribution in [3.63, 3.8) is 0 Å². The average molecular weight is 230 g/mol. The Balaban J connectivity index is 4.67. The molecule has 2 N–H and O–H groups in total. The largest absolute Gasteiger partial charge is 0.329 e. The second kappa shape index (κ2) is 5.29. The van der Waals surface area contributed by atoms with Crippen LogP contribution >= 0.6 is 7.60 Å². The molecule has 0 saturated heterocycles. The van der Waals surface area contributed by atoms with Gasteiger partial charge in [0, 0.05) is 0 Å². The number of hydrogen-bond acceptors (Lipinski definition) is 3. The standard InChI is InChI=1S/C5H8FO5PS/c6-3-1-5(13(10)11)2-4-12(7,8)9/h1-3,13H,4H2,(H2,7,8,9). The van der Waals surface area contributed by atoms with Crippen LogP contribution in [0.2, 0.25) is 0 Å². The van der Waals surface area contributed by atoms with Crippen LogP contribution in [0.1, 0.15) is 0 Å². The van der Waals surface area contributed by atoms with Crippen LogP contribution in [0.5, 0.6) is 0 Å². The molecular weight excluding hydrogens is 222 g/mol. The molecule has 0 aromatic carbocycles. The summed E-state index contributed by atoms with van der Waals surface area (Å²) >= 11 is 0. The van der Waals surface area contributed by atoms with Crippen molar-refractivity contribution >= 4 is 18.3 Å². The first-order valence-electron chi connectivity index (χ1n) is 3.02. The molecule has 0 amide bonds. The summed E-state index contributed by atoms with van der Waals surface area (Å²) in [6.07, 6.45) is 0.635. The normalized spacial score (nSPS) is 14.3. The maximum absolute atomic E-state index is 11.5. The van der Waals surface area contributed by atoms with Gasteiger partial charge in [0.05, 0.1) is 17.4 Å². The molecule has 0 unspecified atom stereocenters. The molecule has 0 bridgehead atoms. The Morgan fingerprint density at radius 3 is 2.31 bits per heavy atom. The van der Waals surface area contributed by atoms with Gasteiger partial charge in [0.25, 0.3) is 0 Å². The molecule has 5 nitrogen and oxygen atoms in total.